The maximum Gasteiger partial charge on any atom is 0.312 e. The molecule has 1 aliphatic carbocycles. The van der Waals surface area contributed by atoms with E-state index in [1.165, 1.54) is 19.3 Å². The van der Waals surface area contributed by atoms with Crippen molar-refractivity contribution in [2.45, 2.75) is 19.3 Å². The first kappa shape index (κ1) is 8.50. The van der Waals surface area contributed by atoms with Crippen LogP contribution >= 0.6 is 11.9 Å². The van der Waals surface area contributed by atoms with Crippen molar-refractivity contribution in [1.29, 1.82) is 0 Å². The van der Waals surface area contributed by atoms with Crippen LogP contribution in [0.3, 0.4) is 0 Å². The van der Waals surface area contributed by atoms with Crippen LogP contribution in [-0.4, -0.2) is 6.47 Å². The van der Waals surface area contributed by atoms with Crippen molar-refractivity contribution in [3.63, 3.8) is 0 Å². The van der Waals surface area contributed by atoms with E-state index < -0.39 is 0 Å². The van der Waals surface area contributed by atoms with E-state index in [2.05, 4.69) is 28.3 Å². The van der Waals surface area contributed by atoms with Crippen molar-refractivity contribution >= 4 is 18.3 Å². The largest absolute Gasteiger partial charge is 0.350 e. The van der Waals surface area contributed by atoms with E-state index in [1.54, 1.807) is 0 Å². The summed E-state index contributed by atoms with van der Waals surface area (Å²) in [6.45, 7) is 0.140. The van der Waals surface area contributed by atoms with Crippen LogP contribution in [0.25, 0.3) is 0 Å². The highest BCUT2D eigenvalue weighted by molar-refractivity contribution is 6.10. The fourth-order valence-electron chi connectivity index (χ4n) is 0.589. The molecule has 0 heterocycles. The lowest BCUT2D eigenvalue weighted by molar-refractivity contribution is -0.120. The molecule has 0 radical (unpaired) electrons. The van der Waals surface area contributed by atoms with Crippen molar-refractivity contribution in [1.82, 2.24) is 0 Å². The van der Waals surface area contributed by atoms with E-state index >= 15 is 0 Å². The summed E-state index contributed by atoms with van der Waals surface area (Å²) in [5.74, 6) is 0. The number of rotatable bonds is 1. The Balaban J connectivity index is 0.000000148. The quantitative estimate of drug-likeness (QED) is 0.420. The predicted octanol–water partition coefficient (Wildman–Crippen LogP) is 2.04. The van der Waals surface area contributed by atoms with E-state index in [1.807, 2.05) is 0 Å². The topological polar surface area (TPSA) is 26.3 Å². The molecule has 0 atom stereocenters. The van der Waals surface area contributed by atoms with Crippen LogP contribution < -0.4 is 0 Å². The molecule has 0 unspecified atom stereocenters. The van der Waals surface area contributed by atoms with Crippen LogP contribution in [0, 0.1) is 0 Å². The number of carbonyl (C=O) groups excluding carboxylic acids is 1. The van der Waals surface area contributed by atoms with Gasteiger partial charge in [0.25, 0.3) is 0 Å². The Kier molecular flexibility index (Phi) is 7.08. The number of hydrogen-bond donors (Lipinski definition) is 0. The molecule has 0 bridgehead atoms. The van der Waals surface area contributed by atoms with E-state index in [-0.39, 0.29) is 6.47 Å². The Morgan fingerprint density at radius 2 is 1.89 bits per heavy atom. The third-order valence-corrected chi connectivity index (χ3v) is 1.02. The van der Waals surface area contributed by atoms with Gasteiger partial charge >= 0.3 is 6.47 Å². The van der Waals surface area contributed by atoms with Crippen molar-refractivity contribution in [3.8, 4) is 0 Å². The third-order valence-electron chi connectivity index (χ3n) is 0.945. The monoisotopic (exact) mass is 148 g/mol. The summed E-state index contributed by atoms with van der Waals surface area (Å²) in [6.07, 6.45) is 8.50. The van der Waals surface area contributed by atoms with Gasteiger partial charge < -0.3 is 4.29 Å². The minimum Gasteiger partial charge on any atom is -0.350 e. The molecule has 0 saturated carbocycles. The van der Waals surface area contributed by atoms with Gasteiger partial charge in [-0.15, -0.1) is 0 Å². The second kappa shape index (κ2) is 7.50. The Labute approximate surface area is 59.6 Å². The molecule has 2 nitrogen and oxygen atoms in total. The minimum atomic E-state index is 0.140. The van der Waals surface area contributed by atoms with Crippen LogP contribution in [0.5, 0.6) is 0 Å². The molecule has 0 N–H and O–H groups in total. The van der Waals surface area contributed by atoms with E-state index in [0.717, 1.165) is 0 Å². The van der Waals surface area contributed by atoms with Crippen molar-refractivity contribution in [2.24, 2.45) is 0 Å². The Morgan fingerprint density at radius 1 is 1.44 bits per heavy atom. The first-order chi connectivity index (χ1) is 4.41. The lowest BCUT2D eigenvalue weighted by Crippen LogP contribution is -1.57. The molecule has 1 aliphatic rings. The summed E-state index contributed by atoms with van der Waals surface area (Å²) < 4.78 is 3.33. The molecule has 0 spiro atoms. The highest BCUT2D eigenvalue weighted by Gasteiger charge is 1.84. The van der Waals surface area contributed by atoms with Crippen molar-refractivity contribution in [2.75, 3.05) is 0 Å². The summed E-state index contributed by atoms with van der Waals surface area (Å²) in [6, 6.07) is 0. The van der Waals surface area contributed by atoms with Crippen LogP contribution in [-0.2, 0) is 9.08 Å². The molecule has 3 heteroatoms. The lowest BCUT2D eigenvalue weighted by atomic mass is 10.4. The number of allylic oxidation sites excluding steroid dienone is 2. The van der Waals surface area contributed by atoms with Gasteiger partial charge in [0.1, 0.15) is 11.9 Å². The van der Waals surface area contributed by atoms with Gasteiger partial charge in [-0.2, -0.15) is 0 Å². The maximum absolute atomic E-state index is 8.82. The van der Waals surface area contributed by atoms with Crippen molar-refractivity contribution in [3.05, 3.63) is 12.2 Å². The lowest BCUT2D eigenvalue weighted by Gasteiger charge is -1.69. The van der Waals surface area contributed by atoms with Crippen LogP contribution in [0.2, 0.25) is 0 Å². The van der Waals surface area contributed by atoms with Gasteiger partial charge in [-0.3, -0.25) is 4.79 Å². The minimum absolute atomic E-state index is 0.140. The highest BCUT2D eigenvalue weighted by Crippen LogP contribution is 2.05. The zero-order valence-corrected chi connectivity index (χ0v) is 5.80. The first-order valence-electron chi connectivity index (χ1n) is 2.78. The van der Waals surface area contributed by atoms with Crippen LogP contribution in [0.4, 0.5) is 0 Å². The normalized spacial score (nSPS) is 13.9. The molecular formula is C6H9ClO2. The van der Waals surface area contributed by atoms with Crippen molar-refractivity contribution < 1.29 is 9.08 Å². The average molecular weight is 149 g/mol. The fourth-order valence-corrected chi connectivity index (χ4v) is 0.589. The highest BCUT2D eigenvalue weighted by atomic mass is 35.5. The molecule has 9 heavy (non-hydrogen) atoms. The average Bonchev–Trinajstić information content (AvgIpc) is 2.43. The molecule has 1 rings (SSSR count). The molecule has 0 aromatic rings. The van der Waals surface area contributed by atoms with Crippen LogP contribution in [0.15, 0.2) is 12.2 Å². The SMILES string of the molecule is C1=CCCC1.O=COCl. The summed E-state index contributed by atoms with van der Waals surface area (Å²) in [7, 11) is 0. The zero-order chi connectivity index (χ0) is 6.95. The molecular weight excluding hydrogens is 140 g/mol. The summed E-state index contributed by atoms with van der Waals surface area (Å²) in [5.41, 5.74) is 0. The smallest absolute Gasteiger partial charge is 0.312 e. The number of hydrogen-bond acceptors (Lipinski definition) is 2. The molecule has 0 amide bonds. The second-order valence-electron chi connectivity index (χ2n) is 1.59. The Morgan fingerprint density at radius 3 is 2.00 bits per heavy atom. The summed E-state index contributed by atoms with van der Waals surface area (Å²) >= 11 is 4.32. The summed E-state index contributed by atoms with van der Waals surface area (Å²) in [5, 5.41) is 0. The first-order valence-corrected chi connectivity index (χ1v) is 3.08. The molecule has 0 fully saturated rings. The molecule has 0 aliphatic heterocycles. The molecule has 52 valence electrons. The van der Waals surface area contributed by atoms with E-state index in [9.17, 15) is 0 Å². The van der Waals surface area contributed by atoms with Gasteiger partial charge in [-0.05, 0) is 19.3 Å². The zero-order valence-electron chi connectivity index (χ0n) is 5.05. The standard InChI is InChI=1S/C5H8.CHClO2/c1-2-4-5-3-1;2-4-1-3/h1-2H,3-5H2;1H. The van der Waals surface area contributed by atoms with E-state index in [4.69, 9.17) is 4.79 Å². The predicted molar refractivity (Wildman–Crippen MR) is 36.0 cm³/mol. The van der Waals surface area contributed by atoms with Gasteiger partial charge in [0, 0.05) is 0 Å². The number of carbonyl (C=O) groups is 1. The maximum atomic E-state index is 8.82. The fraction of sp³-hybridized carbons (Fsp3) is 0.500. The summed E-state index contributed by atoms with van der Waals surface area (Å²) in [4.78, 5) is 8.82. The van der Waals surface area contributed by atoms with Gasteiger partial charge in [0.15, 0.2) is 0 Å². The molecule has 0 aromatic heterocycles. The Bertz CT molecular complexity index is 85.1. The third kappa shape index (κ3) is 7.50. The molecule has 0 aromatic carbocycles. The van der Waals surface area contributed by atoms with E-state index in [0.29, 0.717) is 0 Å². The molecule has 0 saturated heterocycles. The van der Waals surface area contributed by atoms with Gasteiger partial charge in [-0.1, -0.05) is 12.2 Å². The van der Waals surface area contributed by atoms with Gasteiger partial charge in [-0.25, -0.2) is 0 Å². The Hall–Kier alpha value is -0.500. The van der Waals surface area contributed by atoms with Gasteiger partial charge in [0.05, 0.1) is 0 Å². The van der Waals surface area contributed by atoms with Crippen LogP contribution in [0.1, 0.15) is 19.3 Å². The second-order valence-corrected chi connectivity index (χ2v) is 1.77. The number of halogens is 1. The van der Waals surface area contributed by atoms with Gasteiger partial charge in [0.2, 0.25) is 0 Å².